The van der Waals surface area contributed by atoms with Gasteiger partial charge in [0.2, 0.25) is 5.95 Å². The van der Waals surface area contributed by atoms with Gasteiger partial charge in [0.25, 0.3) is 5.91 Å². The molecular formula is C25H24N4O. The van der Waals surface area contributed by atoms with Crippen LogP contribution in [-0.2, 0) is 0 Å². The van der Waals surface area contributed by atoms with Crippen molar-refractivity contribution in [1.82, 2.24) is 15.3 Å². The van der Waals surface area contributed by atoms with Crippen LogP contribution in [0.5, 0.6) is 0 Å². The summed E-state index contributed by atoms with van der Waals surface area (Å²) in [5.74, 6) is 0.405. The Morgan fingerprint density at radius 1 is 0.933 bits per heavy atom. The van der Waals surface area contributed by atoms with Gasteiger partial charge in [0.15, 0.2) is 0 Å². The molecule has 150 valence electrons. The second kappa shape index (κ2) is 9.65. The zero-order valence-corrected chi connectivity index (χ0v) is 16.7. The third kappa shape index (κ3) is 5.20. The van der Waals surface area contributed by atoms with Gasteiger partial charge in [-0.15, -0.1) is 0 Å². The van der Waals surface area contributed by atoms with Gasteiger partial charge in [0, 0.05) is 35.8 Å². The van der Waals surface area contributed by atoms with E-state index in [9.17, 15) is 4.79 Å². The minimum absolute atomic E-state index is 0.0839. The number of hydrogen-bond donors (Lipinski definition) is 2. The number of hydrogen-bond acceptors (Lipinski definition) is 4. The highest BCUT2D eigenvalue weighted by Gasteiger charge is 2.07. The summed E-state index contributed by atoms with van der Waals surface area (Å²) in [6.45, 7) is 0.622. The molecule has 2 N–H and O–H groups in total. The van der Waals surface area contributed by atoms with Crippen molar-refractivity contribution in [3.8, 4) is 11.1 Å². The molecule has 0 unspecified atom stereocenters. The van der Waals surface area contributed by atoms with E-state index < -0.39 is 0 Å². The van der Waals surface area contributed by atoms with Crippen LogP contribution in [0.3, 0.4) is 0 Å². The molecule has 4 rings (SSSR count). The minimum atomic E-state index is -0.0839. The van der Waals surface area contributed by atoms with Gasteiger partial charge in [0.1, 0.15) is 0 Å². The summed E-state index contributed by atoms with van der Waals surface area (Å²) in [6.07, 6.45) is 13.2. The van der Waals surface area contributed by atoms with E-state index in [-0.39, 0.29) is 5.91 Å². The van der Waals surface area contributed by atoms with Gasteiger partial charge >= 0.3 is 0 Å². The van der Waals surface area contributed by atoms with Crippen molar-refractivity contribution in [2.75, 3.05) is 11.9 Å². The number of nitrogens with one attached hydrogen (secondary N) is 2. The summed E-state index contributed by atoms with van der Waals surface area (Å²) < 4.78 is 0. The van der Waals surface area contributed by atoms with Crippen LogP contribution in [0.15, 0.2) is 90.8 Å². The molecule has 1 heterocycles. The van der Waals surface area contributed by atoms with E-state index >= 15 is 0 Å². The van der Waals surface area contributed by atoms with E-state index in [1.165, 1.54) is 5.57 Å². The maximum Gasteiger partial charge on any atom is 0.251 e. The molecule has 1 amide bonds. The summed E-state index contributed by atoms with van der Waals surface area (Å²) in [7, 11) is 0. The zero-order chi connectivity index (χ0) is 20.6. The topological polar surface area (TPSA) is 66.9 Å². The summed E-state index contributed by atoms with van der Waals surface area (Å²) in [5.41, 5.74) is 4.69. The number of anilines is 2. The first-order chi connectivity index (χ1) is 14.8. The Labute approximate surface area is 176 Å². The first-order valence-corrected chi connectivity index (χ1v) is 10.2. The lowest BCUT2D eigenvalue weighted by molar-refractivity contribution is 0.0954. The van der Waals surface area contributed by atoms with Crippen molar-refractivity contribution in [2.24, 2.45) is 0 Å². The minimum Gasteiger partial charge on any atom is -0.352 e. The predicted molar refractivity (Wildman–Crippen MR) is 121 cm³/mol. The van der Waals surface area contributed by atoms with Crippen LogP contribution in [0.1, 0.15) is 29.6 Å². The third-order valence-electron chi connectivity index (χ3n) is 4.91. The molecule has 0 fully saturated rings. The maximum absolute atomic E-state index is 12.5. The Hall–Kier alpha value is -3.73. The fourth-order valence-corrected chi connectivity index (χ4v) is 3.32. The van der Waals surface area contributed by atoms with Gasteiger partial charge in [-0.2, -0.15) is 0 Å². The first-order valence-electron chi connectivity index (χ1n) is 10.2. The number of carbonyl (C=O) groups excluding carboxylic acids is 1. The molecule has 0 saturated heterocycles. The number of rotatable bonds is 7. The fraction of sp³-hybridized carbons (Fsp3) is 0.160. The van der Waals surface area contributed by atoms with E-state index in [0.29, 0.717) is 18.1 Å². The monoisotopic (exact) mass is 396 g/mol. The van der Waals surface area contributed by atoms with Crippen molar-refractivity contribution in [2.45, 2.75) is 19.3 Å². The molecule has 0 bridgehead atoms. The van der Waals surface area contributed by atoms with Gasteiger partial charge < -0.3 is 10.6 Å². The zero-order valence-electron chi connectivity index (χ0n) is 16.7. The lowest BCUT2D eigenvalue weighted by Gasteiger charge is -2.10. The molecule has 0 saturated carbocycles. The fourth-order valence-electron chi connectivity index (χ4n) is 3.32. The van der Waals surface area contributed by atoms with Gasteiger partial charge in [0.05, 0.1) is 0 Å². The quantitative estimate of drug-likeness (QED) is 0.570. The lowest BCUT2D eigenvalue weighted by Crippen LogP contribution is -2.24. The molecule has 0 aliphatic heterocycles. The van der Waals surface area contributed by atoms with E-state index in [1.54, 1.807) is 18.5 Å². The molecule has 3 aromatic rings. The van der Waals surface area contributed by atoms with Crippen LogP contribution in [0, 0.1) is 0 Å². The largest absolute Gasteiger partial charge is 0.352 e. The van der Waals surface area contributed by atoms with Crippen LogP contribution < -0.4 is 10.6 Å². The number of carbonyl (C=O) groups is 1. The van der Waals surface area contributed by atoms with E-state index in [2.05, 4.69) is 38.8 Å². The molecular weight excluding hydrogens is 372 g/mol. The molecule has 30 heavy (non-hydrogen) atoms. The molecule has 2 aromatic carbocycles. The van der Waals surface area contributed by atoms with Crippen LogP contribution >= 0.6 is 0 Å². The van der Waals surface area contributed by atoms with E-state index in [0.717, 1.165) is 36.1 Å². The van der Waals surface area contributed by atoms with Crippen LogP contribution in [0.25, 0.3) is 11.1 Å². The standard InChI is InChI=1S/C25H24N4O/c30-24(26-15-14-19-8-3-1-4-9-19)21-12-7-13-23(16-21)29-25-27-17-22(18-28-25)20-10-5-2-6-11-20/h2-3,5-13,16-18H,1,4,14-15H2,(H,26,30)(H,27,28,29). The molecule has 1 aromatic heterocycles. The summed E-state index contributed by atoms with van der Waals surface area (Å²) in [5, 5.41) is 6.16. The lowest BCUT2D eigenvalue weighted by atomic mass is 10.0. The molecule has 1 aliphatic carbocycles. The Balaban J connectivity index is 1.35. The van der Waals surface area contributed by atoms with Gasteiger partial charge in [-0.25, -0.2) is 9.97 Å². The van der Waals surface area contributed by atoms with Crippen LogP contribution in [0.2, 0.25) is 0 Å². The highest BCUT2D eigenvalue weighted by molar-refractivity contribution is 5.95. The molecule has 5 heteroatoms. The first kappa shape index (κ1) is 19.6. The Kier molecular flexibility index (Phi) is 6.30. The molecule has 0 spiro atoms. The highest BCUT2D eigenvalue weighted by Crippen LogP contribution is 2.19. The van der Waals surface area contributed by atoms with Crippen LogP contribution in [-0.4, -0.2) is 22.4 Å². The number of allylic oxidation sites excluding steroid dienone is 3. The normalized spacial score (nSPS) is 12.9. The van der Waals surface area contributed by atoms with E-state index in [4.69, 9.17) is 0 Å². The van der Waals surface area contributed by atoms with Gasteiger partial charge in [-0.3, -0.25) is 4.79 Å². The molecule has 0 atom stereocenters. The van der Waals surface area contributed by atoms with Gasteiger partial charge in [-0.1, -0.05) is 60.2 Å². The SMILES string of the molecule is O=C(NCCC1=CCCC=C1)c1cccc(Nc2ncc(-c3ccccc3)cn2)c1. The summed E-state index contributed by atoms with van der Waals surface area (Å²) >= 11 is 0. The summed E-state index contributed by atoms with van der Waals surface area (Å²) in [6, 6.07) is 17.4. The highest BCUT2D eigenvalue weighted by atomic mass is 16.1. The Bertz CT molecular complexity index is 1060. The number of amides is 1. The predicted octanol–water partition coefficient (Wildman–Crippen LogP) is 5.28. The third-order valence-corrected chi connectivity index (χ3v) is 4.91. The smallest absolute Gasteiger partial charge is 0.251 e. The van der Waals surface area contributed by atoms with Crippen molar-refractivity contribution in [3.05, 3.63) is 96.4 Å². The summed E-state index contributed by atoms with van der Waals surface area (Å²) in [4.78, 5) is 21.3. The molecule has 0 radical (unpaired) electrons. The van der Waals surface area contributed by atoms with Crippen molar-refractivity contribution in [3.63, 3.8) is 0 Å². The second-order valence-corrected chi connectivity index (χ2v) is 7.13. The average molecular weight is 396 g/mol. The van der Waals surface area contributed by atoms with Gasteiger partial charge in [-0.05, 0) is 43.0 Å². The van der Waals surface area contributed by atoms with Crippen molar-refractivity contribution >= 4 is 17.5 Å². The van der Waals surface area contributed by atoms with Crippen molar-refractivity contribution < 1.29 is 4.79 Å². The maximum atomic E-state index is 12.5. The number of aromatic nitrogens is 2. The Morgan fingerprint density at radius 2 is 1.77 bits per heavy atom. The Morgan fingerprint density at radius 3 is 2.53 bits per heavy atom. The van der Waals surface area contributed by atoms with E-state index in [1.807, 2.05) is 48.5 Å². The van der Waals surface area contributed by atoms with Crippen molar-refractivity contribution in [1.29, 1.82) is 0 Å². The number of nitrogens with zero attached hydrogens (tertiary/aromatic N) is 2. The average Bonchev–Trinajstić information content (AvgIpc) is 2.81. The molecule has 5 nitrogen and oxygen atoms in total. The molecule has 1 aliphatic rings. The number of benzene rings is 2. The second-order valence-electron chi connectivity index (χ2n) is 7.13. The van der Waals surface area contributed by atoms with Crippen LogP contribution in [0.4, 0.5) is 11.6 Å².